The highest BCUT2D eigenvalue weighted by atomic mass is 16.5. The maximum Gasteiger partial charge on any atom is 0.290 e. The molecule has 0 saturated carbocycles. The Morgan fingerprint density at radius 3 is 2.53 bits per heavy atom. The van der Waals surface area contributed by atoms with Gasteiger partial charge in [-0.2, -0.15) is 0 Å². The van der Waals surface area contributed by atoms with Gasteiger partial charge < -0.3 is 9.64 Å². The fraction of sp³-hybridized carbons (Fsp3) is 0.385. The number of aldehydes is 1. The molecule has 4 nitrogen and oxygen atoms in total. The van der Waals surface area contributed by atoms with Gasteiger partial charge in [0.2, 0.25) is 6.29 Å². The molecule has 4 heteroatoms. The summed E-state index contributed by atoms with van der Waals surface area (Å²) in [5.41, 5.74) is 1.70. The average Bonchev–Trinajstić information content (AvgIpc) is 2.35. The molecule has 1 aromatic carbocycles. The predicted octanol–water partition coefficient (Wildman–Crippen LogP) is 1.98. The molecule has 1 rings (SSSR count). The Kier molecular flexibility index (Phi) is 4.26. The van der Waals surface area contributed by atoms with Crippen molar-refractivity contribution in [3.8, 4) is 5.75 Å². The summed E-state index contributed by atoms with van der Waals surface area (Å²) in [5.74, 6) is 0.329. The first kappa shape index (κ1) is 13.2. The molecule has 0 radical (unpaired) electrons. The number of hydrogen-bond donors (Lipinski definition) is 0. The second kappa shape index (κ2) is 5.48. The number of likely N-dealkylation sites (N-methyl/N-ethyl adjacent to an activating group) is 1. The van der Waals surface area contributed by atoms with E-state index in [1.165, 1.54) is 12.0 Å². The van der Waals surface area contributed by atoms with Crippen molar-refractivity contribution < 1.29 is 14.3 Å². The molecule has 0 aliphatic carbocycles. The number of rotatable bonds is 4. The van der Waals surface area contributed by atoms with Gasteiger partial charge in [0, 0.05) is 7.05 Å². The number of amides is 1. The Hall–Kier alpha value is -1.84. The number of anilines is 1. The van der Waals surface area contributed by atoms with Crippen LogP contribution in [0.2, 0.25) is 0 Å². The summed E-state index contributed by atoms with van der Waals surface area (Å²) >= 11 is 0. The molecule has 1 aromatic rings. The maximum absolute atomic E-state index is 11.4. The lowest BCUT2D eigenvalue weighted by atomic mass is 10.0. The van der Waals surface area contributed by atoms with Crippen LogP contribution in [0.4, 0.5) is 5.69 Å². The van der Waals surface area contributed by atoms with Crippen LogP contribution < -0.4 is 9.64 Å². The van der Waals surface area contributed by atoms with E-state index >= 15 is 0 Å². The van der Waals surface area contributed by atoms with Crippen molar-refractivity contribution in [2.75, 3.05) is 19.1 Å². The summed E-state index contributed by atoms with van der Waals surface area (Å²) in [7, 11) is 3.09. The quantitative estimate of drug-likeness (QED) is 0.592. The van der Waals surface area contributed by atoms with Crippen LogP contribution in [0.15, 0.2) is 18.2 Å². The molecular weight excluding hydrogens is 218 g/mol. The van der Waals surface area contributed by atoms with E-state index in [-0.39, 0.29) is 0 Å². The first-order chi connectivity index (χ1) is 8.01. The van der Waals surface area contributed by atoms with Crippen LogP contribution >= 0.6 is 0 Å². The smallest absolute Gasteiger partial charge is 0.290 e. The summed E-state index contributed by atoms with van der Waals surface area (Å²) in [6, 6.07) is 5.62. The van der Waals surface area contributed by atoms with E-state index in [1.807, 2.05) is 12.1 Å². The van der Waals surface area contributed by atoms with Gasteiger partial charge in [0.1, 0.15) is 5.75 Å². The highest BCUT2D eigenvalue weighted by molar-refractivity contribution is 6.30. The second-order valence-electron chi connectivity index (χ2n) is 4.10. The van der Waals surface area contributed by atoms with Crippen LogP contribution in [0.5, 0.6) is 5.75 Å². The van der Waals surface area contributed by atoms with Crippen LogP contribution in [0.3, 0.4) is 0 Å². The second-order valence-corrected chi connectivity index (χ2v) is 4.10. The zero-order valence-electron chi connectivity index (χ0n) is 10.6. The first-order valence-electron chi connectivity index (χ1n) is 5.42. The van der Waals surface area contributed by atoms with Crippen molar-refractivity contribution in [2.24, 2.45) is 0 Å². The summed E-state index contributed by atoms with van der Waals surface area (Å²) < 4.78 is 5.19. The molecule has 0 aliphatic heterocycles. The van der Waals surface area contributed by atoms with E-state index in [2.05, 4.69) is 13.8 Å². The van der Waals surface area contributed by atoms with E-state index in [0.29, 0.717) is 23.6 Å². The van der Waals surface area contributed by atoms with Crippen LogP contribution in [-0.4, -0.2) is 26.4 Å². The summed E-state index contributed by atoms with van der Waals surface area (Å²) in [6.45, 7) is 4.13. The lowest BCUT2D eigenvalue weighted by Gasteiger charge is -2.19. The standard InChI is InChI=1S/C13H17NO3/c1-9(2)10-5-6-12(17-4)11(7-10)14(3)13(16)8-15/h5-9H,1-4H3. The molecule has 0 atom stereocenters. The summed E-state index contributed by atoms with van der Waals surface area (Å²) in [5, 5.41) is 0. The van der Waals surface area contributed by atoms with E-state index in [4.69, 9.17) is 4.74 Å². The molecule has 0 aliphatic rings. The van der Waals surface area contributed by atoms with Gasteiger partial charge in [-0.1, -0.05) is 19.9 Å². The third kappa shape index (κ3) is 2.84. The van der Waals surface area contributed by atoms with Crippen molar-refractivity contribution in [3.05, 3.63) is 23.8 Å². The number of carbonyl (C=O) groups is 2. The highest BCUT2D eigenvalue weighted by Gasteiger charge is 2.15. The number of ether oxygens (including phenoxy) is 1. The monoisotopic (exact) mass is 235 g/mol. The van der Waals surface area contributed by atoms with E-state index in [9.17, 15) is 9.59 Å². The van der Waals surface area contributed by atoms with E-state index < -0.39 is 5.91 Å². The fourth-order valence-corrected chi connectivity index (χ4v) is 1.53. The maximum atomic E-state index is 11.4. The molecular formula is C13H17NO3. The van der Waals surface area contributed by atoms with Crippen molar-refractivity contribution >= 4 is 17.9 Å². The fourth-order valence-electron chi connectivity index (χ4n) is 1.53. The third-order valence-electron chi connectivity index (χ3n) is 2.66. The minimum absolute atomic E-state index is 0.293. The zero-order chi connectivity index (χ0) is 13.0. The number of benzene rings is 1. The largest absolute Gasteiger partial charge is 0.495 e. The Balaban J connectivity index is 3.22. The number of methoxy groups -OCH3 is 1. The Bertz CT molecular complexity index is 427. The van der Waals surface area contributed by atoms with E-state index in [0.717, 1.165) is 5.56 Å². The molecule has 17 heavy (non-hydrogen) atoms. The van der Waals surface area contributed by atoms with Gasteiger partial charge in [0.25, 0.3) is 5.91 Å². The molecule has 0 spiro atoms. The van der Waals surface area contributed by atoms with Crippen LogP contribution in [0, 0.1) is 0 Å². The minimum Gasteiger partial charge on any atom is -0.495 e. The van der Waals surface area contributed by atoms with Crippen molar-refractivity contribution in [3.63, 3.8) is 0 Å². The highest BCUT2D eigenvalue weighted by Crippen LogP contribution is 2.31. The lowest BCUT2D eigenvalue weighted by Crippen LogP contribution is -2.27. The summed E-state index contributed by atoms with van der Waals surface area (Å²) in [4.78, 5) is 23.2. The number of carbonyl (C=O) groups excluding carboxylic acids is 2. The Morgan fingerprint density at radius 1 is 1.41 bits per heavy atom. The van der Waals surface area contributed by atoms with Gasteiger partial charge in [-0.05, 0) is 23.6 Å². The SMILES string of the molecule is COc1ccc(C(C)C)cc1N(C)C(=O)C=O. The van der Waals surface area contributed by atoms with Gasteiger partial charge in [-0.25, -0.2) is 0 Å². The Labute approximate surface area is 101 Å². The first-order valence-corrected chi connectivity index (χ1v) is 5.42. The van der Waals surface area contributed by atoms with E-state index in [1.54, 1.807) is 13.1 Å². The van der Waals surface area contributed by atoms with Gasteiger partial charge in [-0.3, -0.25) is 9.59 Å². The van der Waals surface area contributed by atoms with Gasteiger partial charge >= 0.3 is 0 Å². The average molecular weight is 235 g/mol. The van der Waals surface area contributed by atoms with Crippen LogP contribution in [-0.2, 0) is 9.59 Å². The molecule has 0 aromatic heterocycles. The molecule has 0 N–H and O–H groups in total. The zero-order valence-corrected chi connectivity index (χ0v) is 10.6. The molecule has 0 saturated heterocycles. The summed E-state index contributed by atoms with van der Waals surface area (Å²) in [6.07, 6.45) is 0.293. The van der Waals surface area contributed by atoms with Crippen LogP contribution in [0.25, 0.3) is 0 Å². The molecule has 0 heterocycles. The molecule has 0 bridgehead atoms. The molecule has 0 unspecified atom stereocenters. The van der Waals surface area contributed by atoms with Gasteiger partial charge in [0.05, 0.1) is 12.8 Å². The van der Waals surface area contributed by atoms with Crippen molar-refractivity contribution in [1.29, 1.82) is 0 Å². The third-order valence-corrected chi connectivity index (χ3v) is 2.66. The predicted molar refractivity (Wildman–Crippen MR) is 66.6 cm³/mol. The van der Waals surface area contributed by atoms with Crippen molar-refractivity contribution in [2.45, 2.75) is 19.8 Å². The van der Waals surface area contributed by atoms with Gasteiger partial charge in [0.15, 0.2) is 0 Å². The topological polar surface area (TPSA) is 46.6 Å². The Morgan fingerprint density at radius 2 is 2.06 bits per heavy atom. The normalized spacial score (nSPS) is 10.2. The minimum atomic E-state index is -0.593. The molecule has 1 amide bonds. The molecule has 0 fully saturated rings. The van der Waals surface area contributed by atoms with Gasteiger partial charge in [-0.15, -0.1) is 0 Å². The molecule has 92 valence electrons. The van der Waals surface area contributed by atoms with Crippen molar-refractivity contribution in [1.82, 2.24) is 0 Å². The lowest BCUT2D eigenvalue weighted by molar-refractivity contribution is -0.129. The number of nitrogens with zero attached hydrogens (tertiary/aromatic N) is 1. The van der Waals surface area contributed by atoms with Crippen LogP contribution in [0.1, 0.15) is 25.3 Å². The number of hydrogen-bond acceptors (Lipinski definition) is 3.